The second kappa shape index (κ2) is 7.97. The van der Waals surface area contributed by atoms with E-state index in [1.807, 2.05) is 35.2 Å². The van der Waals surface area contributed by atoms with Crippen molar-refractivity contribution in [2.75, 3.05) is 20.2 Å². The van der Waals surface area contributed by atoms with Gasteiger partial charge in [0.2, 0.25) is 5.91 Å². The second-order valence-electron chi connectivity index (χ2n) is 6.14. The molecular weight excluding hydrogens is 300 g/mol. The van der Waals surface area contributed by atoms with Crippen molar-refractivity contribution in [1.82, 2.24) is 10.2 Å². The monoisotopic (exact) mass is 324 g/mol. The molecule has 1 atom stereocenters. The largest absolute Gasteiger partial charge is 0.497 e. The third-order valence-electron chi connectivity index (χ3n) is 4.49. The van der Waals surface area contributed by atoms with E-state index in [1.54, 1.807) is 7.11 Å². The highest BCUT2D eigenvalue weighted by Crippen LogP contribution is 2.19. The third-order valence-corrected chi connectivity index (χ3v) is 4.49. The van der Waals surface area contributed by atoms with E-state index in [9.17, 15) is 4.79 Å². The van der Waals surface area contributed by atoms with Gasteiger partial charge < -0.3 is 15.0 Å². The fraction of sp³-hybridized carbons (Fsp3) is 0.350. The highest BCUT2D eigenvalue weighted by molar-refractivity contribution is 5.78. The summed E-state index contributed by atoms with van der Waals surface area (Å²) in [5, 5.41) is 3.60. The highest BCUT2D eigenvalue weighted by atomic mass is 16.5. The van der Waals surface area contributed by atoms with E-state index < -0.39 is 0 Å². The number of amides is 1. The smallest absolute Gasteiger partial charge is 0.222 e. The molecule has 2 aromatic rings. The zero-order valence-electron chi connectivity index (χ0n) is 14.1. The summed E-state index contributed by atoms with van der Waals surface area (Å²) >= 11 is 0. The molecule has 0 unspecified atom stereocenters. The Morgan fingerprint density at radius 2 is 1.88 bits per heavy atom. The van der Waals surface area contributed by atoms with Gasteiger partial charge in [-0.3, -0.25) is 4.79 Å². The maximum absolute atomic E-state index is 12.0. The van der Waals surface area contributed by atoms with Gasteiger partial charge in [-0.25, -0.2) is 0 Å². The van der Waals surface area contributed by atoms with Gasteiger partial charge in [-0.05, 0) is 29.7 Å². The first-order valence-electron chi connectivity index (χ1n) is 8.45. The van der Waals surface area contributed by atoms with Gasteiger partial charge in [-0.1, -0.05) is 42.5 Å². The summed E-state index contributed by atoms with van der Waals surface area (Å²) in [5.74, 6) is 1.13. The fourth-order valence-corrected chi connectivity index (χ4v) is 3.08. The van der Waals surface area contributed by atoms with Crippen LogP contribution in [0.25, 0.3) is 0 Å². The molecule has 0 aromatic heterocycles. The average Bonchev–Trinajstić information content (AvgIpc) is 3.04. The van der Waals surface area contributed by atoms with Crippen LogP contribution in [0.15, 0.2) is 54.6 Å². The first-order valence-corrected chi connectivity index (χ1v) is 8.45. The van der Waals surface area contributed by atoms with Crippen LogP contribution in [0.3, 0.4) is 0 Å². The van der Waals surface area contributed by atoms with Crippen LogP contribution in [0, 0.1) is 0 Å². The first-order chi connectivity index (χ1) is 11.8. The minimum Gasteiger partial charge on any atom is -0.497 e. The minimum atomic E-state index is 0.135. The van der Waals surface area contributed by atoms with E-state index in [0.29, 0.717) is 6.42 Å². The maximum Gasteiger partial charge on any atom is 0.222 e. The van der Waals surface area contributed by atoms with Gasteiger partial charge in [0.05, 0.1) is 13.2 Å². The van der Waals surface area contributed by atoms with E-state index in [2.05, 4.69) is 29.6 Å². The second-order valence-corrected chi connectivity index (χ2v) is 6.14. The Labute approximate surface area is 143 Å². The molecule has 1 amide bonds. The quantitative estimate of drug-likeness (QED) is 0.851. The van der Waals surface area contributed by atoms with Crippen LogP contribution in [0.1, 0.15) is 30.0 Å². The van der Waals surface area contributed by atoms with Crippen LogP contribution in [-0.4, -0.2) is 31.0 Å². The van der Waals surface area contributed by atoms with Gasteiger partial charge in [-0.15, -0.1) is 0 Å². The molecule has 4 nitrogen and oxygen atoms in total. The molecule has 1 aliphatic heterocycles. The Bertz CT molecular complexity index is 655. The van der Waals surface area contributed by atoms with Gasteiger partial charge in [0, 0.05) is 26.1 Å². The number of nitrogens with zero attached hydrogens (tertiary/aromatic N) is 1. The van der Waals surface area contributed by atoms with Crippen molar-refractivity contribution in [3.05, 3.63) is 65.7 Å². The normalized spacial score (nSPS) is 15.5. The average molecular weight is 324 g/mol. The molecule has 1 aliphatic rings. The lowest BCUT2D eigenvalue weighted by atomic mass is 10.1. The van der Waals surface area contributed by atoms with E-state index in [-0.39, 0.29) is 11.9 Å². The molecule has 0 bridgehead atoms. The van der Waals surface area contributed by atoms with E-state index >= 15 is 0 Å². The molecule has 2 aromatic carbocycles. The zero-order valence-corrected chi connectivity index (χ0v) is 14.1. The van der Waals surface area contributed by atoms with Crippen molar-refractivity contribution in [3.63, 3.8) is 0 Å². The lowest BCUT2D eigenvalue weighted by Crippen LogP contribution is -2.35. The SMILES string of the molecule is COc1ccc(CN[C@H](CN2CCCC2=O)c2ccccc2)cc1. The lowest BCUT2D eigenvalue weighted by Gasteiger charge is -2.25. The summed E-state index contributed by atoms with van der Waals surface area (Å²) in [6.45, 7) is 2.34. The number of methoxy groups -OCH3 is 1. The summed E-state index contributed by atoms with van der Waals surface area (Å²) in [6.07, 6.45) is 1.65. The van der Waals surface area contributed by atoms with Crippen molar-refractivity contribution >= 4 is 5.91 Å². The van der Waals surface area contributed by atoms with Crippen LogP contribution in [0.5, 0.6) is 5.75 Å². The Hall–Kier alpha value is -2.33. The number of hydrogen-bond donors (Lipinski definition) is 1. The number of carbonyl (C=O) groups is 1. The van der Waals surface area contributed by atoms with Gasteiger partial charge in [-0.2, -0.15) is 0 Å². The molecule has 0 saturated carbocycles. The van der Waals surface area contributed by atoms with E-state index in [1.165, 1.54) is 11.1 Å². The molecule has 1 N–H and O–H groups in total. The summed E-state index contributed by atoms with van der Waals surface area (Å²) in [6, 6.07) is 18.5. The Morgan fingerprint density at radius 1 is 1.12 bits per heavy atom. The molecule has 0 aliphatic carbocycles. The van der Waals surface area contributed by atoms with Crippen molar-refractivity contribution < 1.29 is 9.53 Å². The van der Waals surface area contributed by atoms with E-state index in [4.69, 9.17) is 4.74 Å². The minimum absolute atomic E-state index is 0.135. The molecular formula is C20H24N2O2. The standard InChI is InChI=1S/C20H24N2O2/c1-24-18-11-9-16(10-12-18)14-21-19(17-6-3-2-4-7-17)15-22-13-5-8-20(22)23/h2-4,6-7,9-12,19,21H,5,8,13-15H2,1H3/t19-/m1/s1. The predicted molar refractivity (Wildman–Crippen MR) is 94.8 cm³/mol. The van der Waals surface area contributed by atoms with Crippen LogP contribution in [-0.2, 0) is 11.3 Å². The van der Waals surface area contributed by atoms with Crippen LogP contribution < -0.4 is 10.1 Å². The fourth-order valence-electron chi connectivity index (χ4n) is 3.08. The molecule has 0 radical (unpaired) electrons. The van der Waals surface area contributed by atoms with Crippen molar-refractivity contribution in [2.45, 2.75) is 25.4 Å². The summed E-state index contributed by atoms with van der Waals surface area (Å²) in [5.41, 5.74) is 2.41. The highest BCUT2D eigenvalue weighted by Gasteiger charge is 2.24. The molecule has 0 spiro atoms. The summed E-state index contributed by atoms with van der Waals surface area (Å²) in [4.78, 5) is 13.9. The molecule has 1 saturated heterocycles. The van der Waals surface area contributed by atoms with Gasteiger partial charge in [0.25, 0.3) is 0 Å². The summed E-state index contributed by atoms with van der Waals surface area (Å²) < 4.78 is 5.20. The summed E-state index contributed by atoms with van der Waals surface area (Å²) in [7, 11) is 1.67. The predicted octanol–water partition coefficient (Wildman–Crippen LogP) is 3.15. The van der Waals surface area contributed by atoms with Crippen molar-refractivity contribution in [1.29, 1.82) is 0 Å². The Morgan fingerprint density at radius 3 is 2.50 bits per heavy atom. The Balaban J connectivity index is 1.68. The molecule has 4 heteroatoms. The topological polar surface area (TPSA) is 41.6 Å². The molecule has 1 fully saturated rings. The molecule has 1 heterocycles. The number of carbonyl (C=O) groups excluding carboxylic acids is 1. The van der Waals surface area contributed by atoms with Gasteiger partial charge in [0.15, 0.2) is 0 Å². The van der Waals surface area contributed by atoms with Gasteiger partial charge >= 0.3 is 0 Å². The zero-order chi connectivity index (χ0) is 16.8. The maximum atomic E-state index is 12.0. The lowest BCUT2D eigenvalue weighted by molar-refractivity contribution is -0.128. The molecule has 126 valence electrons. The molecule has 3 rings (SSSR count). The first kappa shape index (κ1) is 16.5. The van der Waals surface area contributed by atoms with Crippen LogP contribution >= 0.6 is 0 Å². The molecule has 24 heavy (non-hydrogen) atoms. The van der Waals surface area contributed by atoms with Crippen LogP contribution in [0.2, 0.25) is 0 Å². The number of nitrogens with one attached hydrogen (secondary N) is 1. The van der Waals surface area contributed by atoms with Crippen molar-refractivity contribution in [3.8, 4) is 5.75 Å². The number of ether oxygens (including phenoxy) is 1. The van der Waals surface area contributed by atoms with E-state index in [0.717, 1.165) is 31.8 Å². The van der Waals surface area contributed by atoms with Crippen molar-refractivity contribution in [2.24, 2.45) is 0 Å². The third kappa shape index (κ3) is 4.15. The number of rotatable bonds is 7. The Kier molecular flexibility index (Phi) is 5.49. The van der Waals surface area contributed by atoms with Crippen LogP contribution in [0.4, 0.5) is 0 Å². The number of hydrogen-bond acceptors (Lipinski definition) is 3. The van der Waals surface area contributed by atoms with Gasteiger partial charge in [0.1, 0.15) is 5.75 Å². The number of benzene rings is 2. The number of likely N-dealkylation sites (tertiary alicyclic amines) is 1.